The van der Waals surface area contributed by atoms with Crippen LogP contribution in [0.1, 0.15) is 30.5 Å². The van der Waals surface area contributed by atoms with E-state index in [9.17, 15) is 8.42 Å². The molecule has 0 N–H and O–H groups in total. The molecule has 1 aromatic rings. The molecule has 0 spiro atoms. The van der Waals surface area contributed by atoms with Gasteiger partial charge in [-0.3, -0.25) is 4.90 Å². The second-order valence-corrected chi connectivity index (χ2v) is 8.68. The monoisotopic (exact) mass is 347 g/mol. The molecule has 1 aliphatic rings. The minimum Gasteiger partial charge on any atom is -0.379 e. The molecule has 0 aliphatic carbocycles. The summed E-state index contributed by atoms with van der Waals surface area (Å²) in [5.74, 6) is 0.213. The standard InChI is InChI=1S/C14H25N3O3S2/c1-3-4-9-22(18,19)16(2)10-13-12-21-14(15-13)11-17-5-7-20-8-6-17/h12H,3-11H2,1-2H3. The maximum atomic E-state index is 12.1. The molecule has 0 saturated carbocycles. The van der Waals surface area contributed by atoms with Crippen molar-refractivity contribution in [3.05, 3.63) is 16.1 Å². The number of sulfonamides is 1. The molecular weight excluding hydrogens is 322 g/mol. The Morgan fingerprint density at radius 3 is 2.82 bits per heavy atom. The lowest BCUT2D eigenvalue weighted by Gasteiger charge is -2.25. The Morgan fingerprint density at radius 1 is 1.41 bits per heavy atom. The van der Waals surface area contributed by atoms with Crippen LogP contribution in [-0.4, -0.2) is 61.7 Å². The highest BCUT2D eigenvalue weighted by Crippen LogP contribution is 2.16. The van der Waals surface area contributed by atoms with E-state index in [0.717, 1.165) is 50.0 Å². The number of nitrogens with zero attached hydrogens (tertiary/aromatic N) is 3. The molecule has 2 rings (SSSR count). The van der Waals surface area contributed by atoms with Gasteiger partial charge in [-0.25, -0.2) is 13.4 Å². The number of morpholine rings is 1. The predicted molar refractivity (Wildman–Crippen MR) is 88.4 cm³/mol. The van der Waals surface area contributed by atoms with E-state index in [-0.39, 0.29) is 5.75 Å². The van der Waals surface area contributed by atoms with E-state index in [0.29, 0.717) is 13.0 Å². The molecule has 1 fully saturated rings. The van der Waals surface area contributed by atoms with Gasteiger partial charge in [-0.2, -0.15) is 4.31 Å². The van der Waals surface area contributed by atoms with Gasteiger partial charge in [0.15, 0.2) is 0 Å². The molecule has 6 nitrogen and oxygen atoms in total. The second-order valence-electron chi connectivity index (χ2n) is 5.55. The Hall–Kier alpha value is -0.540. The topological polar surface area (TPSA) is 62.7 Å². The van der Waals surface area contributed by atoms with Crippen molar-refractivity contribution in [3.63, 3.8) is 0 Å². The van der Waals surface area contributed by atoms with Crippen LogP contribution in [0.15, 0.2) is 5.38 Å². The molecule has 8 heteroatoms. The van der Waals surface area contributed by atoms with Crippen LogP contribution in [0.2, 0.25) is 0 Å². The fourth-order valence-electron chi connectivity index (χ4n) is 2.25. The summed E-state index contributed by atoms with van der Waals surface area (Å²) in [7, 11) is -1.54. The van der Waals surface area contributed by atoms with Crippen LogP contribution in [-0.2, 0) is 27.8 Å². The molecular formula is C14H25N3O3S2. The lowest BCUT2D eigenvalue weighted by Crippen LogP contribution is -2.35. The highest BCUT2D eigenvalue weighted by molar-refractivity contribution is 7.89. The second kappa shape index (κ2) is 8.35. The summed E-state index contributed by atoms with van der Waals surface area (Å²) >= 11 is 1.60. The summed E-state index contributed by atoms with van der Waals surface area (Å²) in [5, 5.41) is 3.00. The van der Waals surface area contributed by atoms with E-state index >= 15 is 0 Å². The van der Waals surface area contributed by atoms with Crippen LogP contribution in [0.5, 0.6) is 0 Å². The van der Waals surface area contributed by atoms with Gasteiger partial charge < -0.3 is 4.74 Å². The Morgan fingerprint density at radius 2 is 2.14 bits per heavy atom. The molecule has 2 heterocycles. The van der Waals surface area contributed by atoms with Crippen molar-refractivity contribution in [1.82, 2.24) is 14.2 Å². The summed E-state index contributed by atoms with van der Waals surface area (Å²) in [6.07, 6.45) is 1.58. The predicted octanol–water partition coefficient (Wildman–Crippen LogP) is 1.54. The number of hydrogen-bond acceptors (Lipinski definition) is 6. The van der Waals surface area contributed by atoms with Gasteiger partial charge in [-0.15, -0.1) is 11.3 Å². The third-order valence-electron chi connectivity index (χ3n) is 3.68. The zero-order chi connectivity index (χ0) is 16.0. The van der Waals surface area contributed by atoms with Crippen LogP contribution in [0.3, 0.4) is 0 Å². The van der Waals surface area contributed by atoms with Crippen LogP contribution in [0.4, 0.5) is 0 Å². The number of thiazole rings is 1. The van der Waals surface area contributed by atoms with Gasteiger partial charge in [0.1, 0.15) is 5.01 Å². The lowest BCUT2D eigenvalue weighted by atomic mass is 10.4. The van der Waals surface area contributed by atoms with Crippen LogP contribution in [0.25, 0.3) is 0 Å². The lowest BCUT2D eigenvalue weighted by molar-refractivity contribution is 0.0341. The first-order valence-electron chi connectivity index (χ1n) is 7.68. The van der Waals surface area contributed by atoms with Gasteiger partial charge in [-0.1, -0.05) is 13.3 Å². The fourth-order valence-corrected chi connectivity index (χ4v) is 4.37. The smallest absolute Gasteiger partial charge is 0.214 e. The van der Waals surface area contributed by atoms with E-state index in [1.54, 1.807) is 18.4 Å². The van der Waals surface area contributed by atoms with Crippen molar-refractivity contribution >= 4 is 21.4 Å². The van der Waals surface area contributed by atoms with Gasteiger partial charge in [0.05, 0.1) is 37.8 Å². The van der Waals surface area contributed by atoms with Crippen molar-refractivity contribution in [2.75, 3.05) is 39.1 Å². The minimum absolute atomic E-state index is 0.213. The van der Waals surface area contributed by atoms with E-state index in [4.69, 9.17) is 4.74 Å². The number of ether oxygens (including phenoxy) is 1. The van der Waals surface area contributed by atoms with Gasteiger partial charge in [0, 0.05) is 25.5 Å². The molecule has 126 valence electrons. The molecule has 1 aliphatic heterocycles. The van der Waals surface area contributed by atoms with E-state index in [2.05, 4.69) is 9.88 Å². The molecule has 0 atom stereocenters. The fraction of sp³-hybridized carbons (Fsp3) is 0.786. The van der Waals surface area contributed by atoms with Crippen LogP contribution in [0, 0.1) is 0 Å². The average Bonchev–Trinajstić information content (AvgIpc) is 2.93. The Bertz CT molecular complexity index is 553. The summed E-state index contributed by atoms with van der Waals surface area (Å²) in [4.78, 5) is 6.88. The summed E-state index contributed by atoms with van der Waals surface area (Å²) < 4.78 is 30.9. The Labute approximate surface area is 137 Å². The third kappa shape index (κ3) is 5.27. The van der Waals surface area contributed by atoms with Crippen molar-refractivity contribution in [1.29, 1.82) is 0 Å². The first-order valence-corrected chi connectivity index (χ1v) is 10.2. The maximum Gasteiger partial charge on any atom is 0.214 e. The van der Waals surface area contributed by atoms with Crippen molar-refractivity contribution in [2.45, 2.75) is 32.9 Å². The molecule has 0 bridgehead atoms. The highest BCUT2D eigenvalue weighted by atomic mass is 32.2. The molecule has 1 saturated heterocycles. The summed E-state index contributed by atoms with van der Waals surface area (Å²) in [6, 6.07) is 0. The number of rotatable bonds is 8. The average molecular weight is 348 g/mol. The highest BCUT2D eigenvalue weighted by Gasteiger charge is 2.19. The van der Waals surface area contributed by atoms with Gasteiger partial charge >= 0.3 is 0 Å². The molecule has 0 radical (unpaired) electrons. The van der Waals surface area contributed by atoms with Gasteiger partial charge in [0.25, 0.3) is 0 Å². The van der Waals surface area contributed by atoms with Crippen molar-refractivity contribution in [2.24, 2.45) is 0 Å². The molecule has 0 unspecified atom stereocenters. The number of aromatic nitrogens is 1. The van der Waals surface area contributed by atoms with E-state index < -0.39 is 10.0 Å². The Kier molecular flexibility index (Phi) is 6.76. The molecule has 0 aromatic carbocycles. The zero-order valence-corrected chi connectivity index (χ0v) is 15.0. The van der Waals surface area contributed by atoms with Crippen LogP contribution < -0.4 is 0 Å². The zero-order valence-electron chi connectivity index (χ0n) is 13.3. The quantitative estimate of drug-likeness (QED) is 0.714. The molecule has 22 heavy (non-hydrogen) atoms. The first kappa shape index (κ1) is 17.8. The third-order valence-corrected chi connectivity index (χ3v) is 6.44. The normalized spacial score (nSPS) is 17.2. The number of hydrogen-bond donors (Lipinski definition) is 0. The van der Waals surface area contributed by atoms with E-state index in [1.807, 2.05) is 12.3 Å². The van der Waals surface area contributed by atoms with Crippen LogP contribution >= 0.6 is 11.3 Å². The molecule has 0 amide bonds. The number of unbranched alkanes of at least 4 members (excludes halogenated alkanes) is 1. The minimum atomic E-state index is -3.17. The van der Waals surface area contributed by atoms with Gasteiger partial charge in [-0.05, 0) is 6.42 Å². The van der Waals surface area contributed by atoms with E-state index in [1.165, 1.54) is 4.31 Å². The molecule has 1 aromatic heterocycles. The van der Waals surface area contributed by atoms with Gasteiger partial charge in [0.2, 0.25) is 10.0 Å². The maximum absolute atomic E-state index is 12.1. The summed E-state index contributed by atoms with van der Waals surface area (Å²) in [5.41, 5.74) is 0.829. The van der Waals surface area contributed by atoms with Crippen molar-refractivity contribution in [3.8, 4) is 0 Å². The summed E-state index contributed by atoms with van der Waals surface area (Å²) in [6.45, 7) is 6.58. The van der Waals surface area contributed by atoms with Crippen molar-refractivity contribution < 1.29 is 13.2 Å². The first-order chi connectivity index (χ1) is 10.5. The SMILES string of the molecule is CCCCS(=O)(=O)N(C)Cc1csc(CN2CCOCC2)n1. The largest absolute Gasteiger partial charge is 0.379 e. The Balaban J connectivity index is 1.88.